The van der Waals surface area contributed by atoms with Gasteiger partial charge in [-0.3, -0.25) is 4.79 Å². The zero-order valence-electron chi connectivity index (χ0n) is 13.3. The van der Waals surface area contributed by atoms with Crippen LogP contribution in [0.1, 0.15) is 46.3 Å². The molecule has 1 amide bonds. The highest BCUT2D eigenvalue weighted by molar-refractivity contribution is 6.34. The van der Waals surface area contributed by atoms with Crippen LogP contribution in [0.3, 0.4) is 0 Å². The Morgan fingerprint density at radius 1 is 1.30 bits per heavy atom. The van der Waals surface area contributed by atoms with Crippen LogP contribution < -0.4 is 5.32 Å². The molecule has 2 rings (SSSR count). The van der Waals surface area contributed by atoms with Crippen LogP contribution in [0.5, 0.6) is 0 Å². The molecule has 0 spiro atoms. The van der Waals surface area contributed by atoms with Gasteiger partial charge in [0.1, 0.15) is 0 Å². The first-order chi connectivity index (χ1) is 10.8. The average molecular weight is 337 g/mol. The highest BCUT2D eigenvalue weighted by atomic mass is 35.5. The maximum absolute atomic E-state index is 12.2. The van der Waals surface area contributed by atoms with Crippen LogP contribution in [0, 0.1) is 13.8 Å². The number of nitrogens with one attached hydrogen (secondary N) is 1. The summed E-state index contributed by atoms with van der Waals surface area (Å²) in [7, 11) is 0. The molecule has 0 fully saturated rings. The van der Waals surface area contributed by atoms with Gasteiger partial charge < -0.3 is 14.5 Å². The van der Waals surface area contributed by atoms with Crippen molar-refractivity contribution in [3.63, 3.8) is 0 Å². The quantitative estimate of drug-likeness (QED) is 0.859. The second-order valence-corrected chi connectivity index (χ2v) is 5.66. The van der Waals surface area contributed by atoms with E-state index in [2.05, 4.69) is 10.3 Å². The van der Waals surface area contributed by atoms with Crippen molar-refractivity contribution in [3.8, 4) is 0 Å². The van der Waals surface area contributed by atoms with Gasteiger partial charge in [-0.1, -0.05) is 11.6 Å². The number of halogens is 1. The lowest BCUT2D eigenvalue weighted by molar-refractivity contribution is 0.0378. The molecular weight excluding hydrogens is 320 g/mol. The van der Waals surface area contributed by atoms with Crippen molar-refractivity contribution in [1.82, 2.24) is 4.98 Å². The Hall–Kier alpha value is -2.34. The van der Waals surface area contributed by atoms with Gasteiger partial charge in [0, 0.05) is 6.92 Å². The van der Waals surface area contributed by atoms with E-state index >= 15 is 0 Å². The minimum atomic E-state index is -0.487. The van der Waals surface area contributed by atoms with Gasteiger partial charge in [-0.2, -0.15) is 0 Å². The molecule has 1 aromatic heterocycles. The molecule has 1 heterocycles. The van der Waals surface area contributed by atoms with E-state index in [1.165, 1.54) is 18.2 Å². The molecular formula is C16H17ClN2O4. The van der Waals surface area contributed by atoms with Crippen molar-refractivity contribution in [2.75, 3.05) is 5.32 Å². The number of carbonyl (C=O) groups excluding carboxylic acids is 2. The molecule has 0 atom stereocenters. The topological polar surface area (TPSA) is 81.4 Å². The number of nitrogens with zero attached hydrogens (tertiary/aromatic N) is 1. The molecule has 23 heavy (non-hydrogen) atoms. The molecule has 0 aliphatic rings. The molecule has 0 unspecified atom stereocenters. The fraction of sp³-hybridized carbons (Fsp3) is 0.312. The summed E-state index contributed by atoms with van der Waals surface area (Å²) in [6.45, 7) is 6.83. The molecule has 7 heteroatoms. The minimum absolute atomic E-state index is 0.105. The van der Waals surface area contributed by atoms with Gasteiger partial charge in [0.05, 0.1) is 28.1 Å². The second kappa shape index (κ2) is 6.83. The van der Waals surface area contributed by atoms with E-state index in [-0.39, 0.29) is 11.9 Å². The molecule has 1 N–H and O–H groups in total. The number of anilines is 1. The van der Waals surface area contributed by atoms with Gasteiger partial charge in [0.25, 0.3) is 5.91 Å². The number of rotatable bonds is 4. The predicted molar refractivity (Wildman–Crippen MR) is 85.9 cm³/mol. The summed E-state index contributed by atoms with van der Waals surface area (Å²) in [4.78, 5) is 28.2. The number of hydrogen-bond acceptors (Lipinski definition) is 5. The molecule has 6 nitrogen and oxygen atoms in total. The largest absolute Gasteiger partial charge is 0.459 e. The van der Waals surface area contributed by atoms with E-state index in [0.717, 1.165) is 0 Å². The van der Waals surface area contributed by atoms with Crippen LogP contribution in [0.25, 0.3) is 0 Å². The Balaban J connectivity index is 2.24. The van der Waals surface area contributed by atoms with Gasteiger partial charge in [-0.25, -0.2) is 9.78 Å². The zero-order chi connectivity index (χ0) is 17.1. The Labute approximate surface area is 138 Å². The van der Waals surface area contributed by atoms with Crippen molar-refractivity contribution >= 4 is 29.2 Å². The molecule has 0 aliphatic carbocycles. The number of ether oxygens (including phenoxy) is 1. The van der Waals surface area contributed by atoms with Gasteiger partial charge in [-0.15, -0.1) is 0 Å². The molecule has 0 aliphatic heterocycles. The van der Waals surface area contributed by atoms with E-state index in [0.29, 0.717) is 27.9 Å². The summed E-state index contributed by atoms with van der Waals surface area (Å²) < 4.78 is 10.4. The first-order valence-corrected chi connectivity index (χ1v) is 7.41. The lowest BCUT2D eigenvalue weighted by Gasteiger charge is -2.10. The van der Waals surface area contributed by atoms with Crippen molar-refractivity contribution in [1.29, 1.82) is 0 Å². The number of carbonyl (C=O) groups is 2. The van der Waals surface area contributed by atoms with Crippen LogP contribution in [-0.2, 0) is 4.74 Å². The number of hydrogen-bond donors (Lipinski definition) is 1. The normalized spacial score (nSPS) is 10.7. The molecule has 1 aromatic carbocycles. The van der Waals surface area contributed by atoms with Crippen LogP contribution >= 0.6 is 11.6 Å². The number of aromatic nitrogens is 1. The minimum Gasteiger partial charge on any atom is -0.459 e. The fourth-order valence-corrected chi connectivity index (χ4v) is 2.12. The summed E-state index contributed by atoms with van der Waals surface area (Å²) in [5.41, 5.74) is 1.07. The maximum Gasteiger partial charge on any atom is 0.338 e. The lowest BCUT2D eigenvalue weighted by atomic mass is 10.2. The van der Waals surface area contributed by atoms with Gasteiger partial charge >= 0.3 is 5.97 Å². The molecule has 0 saturated heterocycles. The van der Waals surface area contributed by atoms with Crippen molar-refractivity contribution in [2.24, 2.45) is 0 Å². The number of amides is 1. The summed E-state index contributed by atoms with van der Waals surface area (Å²) >= 11 is 6.07. The predicted octanol–water partition coefficient (Wildman–Crippen LogP) is 3.76. The van der Waals surface area contributed by atoms with Gasteiger partial charge in [0.2, 0.25) is 5.76 Å². The number of esters is 1. The third-order valence-corrected chi connectivity index (χ3v) is 3.23. The Bertz CT molecular complexity index is 753. The molecule has 2 aromatic rings. The van der Waals surface area contributed by atoms with E-state index in [9.17, 15) is 9.59 Å². The highest BCUT2D eigenvalue weighted by Gasteiger charge is 2.18. The van der Waals surface area contributed by atoms with Crippen LogP contribution in [-0.4, -0.2) is 23.0 Å². The third-order valence-electron chi connectivity index (χ3n) is 2.90. The molecule has 0 bridgehead atoms. The number of oxazole rings is 1. The smallest absolute Gasteiger partial charge is 0.338 e. The Kier molecular flexibility index (Phi) is 5.05. The zero-order valence-corrected chi connectivity index (χ0v) is 14.0. The Morgan fingerprint density at radius 3 is 2.57 bits per heavy atom. The van der Waals surface area contributed by atoms with Crippen molar-refractivity contribution in [2.45, 2.75) is 33.8 Å². The summed E-state index contributed by atoms with van der Waals surface area (Å²) in [5, 5.41) is 2.92. The van der Waals surface area contributed by atoms with Crippen LogP contribution in [0.2, 0.25) is 5.02 Å². The number of benzene rings is 1. The first-order valence-electron chi connectivity index (χ1n) is 7.04. The Morgan fingerprint density at radius 2 is 2.00 bits per heavy atom. The lowest BCUT2D eigenvalue weighted by Crippen LogP contribution is -2.15. The van der Waals surface area contributed by atoms with Gasteiger partial charge in [-0.05, 0) is 39.0 Å². The molecule has 122 valence electrons. The molecule has 0 radical (unpaired) electrons. The monoisotopic (exact) mass is 336 g/mol. The summed E-state index contributed by atoms with van der Waals surface area (Å²) in [6, 6.07) is 4.52. The van der Waals surface area contributed by atoms with Gasteiger partial charge in [0.15, 0.2) is 5.89 Å². The van der Waals surface area contributed by atoms with E-state index in [1.54, 1.807) is 27.7 Å². The van der Waals surface area contributed by atoms with Crippen LogP contribution in [0.4, 0.5) is 5.69 Å². The van der Waals surface area contributed by atoms with E-state index in [1.807, 2.05) is 0 Å². The van der Waals surface area contributed by atoms with Crippen molar-refractivity contribution < 1.29 is 18.7 Å². The summed E-state index contributed by atoms with van der Waals surface area (Å²) in [5.74, 6) is -0.472. The maximum atomic E-state index is 12.2. The second-order valence-electron chi connectivity index (χ2n) is 5.25. The summed E-state index contributed by atoms with van der Waals surface area (Å²) in [6.07, 6.45) is -0.240. The molecule has 0 saturated carbocycles. The standard InChI is InChI=1S/C16H17ClN2O4/c1-8(2)22-16(21)11-5-6-12(17)13(7-11)19-15(20)14-9(3)18-10(4)23-14/h5-8H,1-4H3,(H,19,20). The highest BCUT2D eigenvalue weighted by Crippen LogP contribution is 2.25. The van der Waals surface area contributed by atoms with E-state index < -0.39 is 11.9 Å². The fourth-order valence-electron chi connectivity index (χ4n) is 1.95. The SMILES string of the molecule is Cc1nc(C)c(C(=O)Nc2cc(C(=O)OC(C)C)ccc2Cl)o1. The third kappa shape index (κ3) is 4.10. The number of aryl methyl sites for hydroxylation is 2. The average Bonchev–Trinajstić information content (AvgIpc) is 2.79. The van der Waals surface area contributed by atoms with Crippen LogP contribution in [0.15, 0.2) is 22.6 Å². The first kappa shape index (κ1) is 17.0. The van der Waals surface area contributed by atoms with Crippen molar-refractivity contribution in [3.05, 3.63) is 46.1 Å². The van der Waals surface area contributed by atoms with E-state index in [4.69, 9.17) is 20.8 Å².